The molecule has 0 fully saturated rings. The SMILES string of the molecule is C[C@@H](Cc1ccc(NC(=O)c2ccnn2C)cc1)C(=O)O. The van der Waals surface area contributed by atoms with Gasteiger partial charge in [-0.15, -0.1) is 0 Å². The second kappa shape index (κ2) is 6.21. The largest absolute Gasteiger partial charge is 0.481 e. The maximum absolute atomic E-state index is 12.0. The highest BCUT2D eigenvalue weighted by Gasteiger charge is 2.12. The van der Waals surface area contributed by atoms with Gasteiger partial charge in [-0.2, -0.15) is 5.10 Å². The minimum Gasteiger partial charge on any atom is -0.481 e. The van der Waals surface area contributed by atoms with E-state index in [1.54, 1.807) is 38.4 Å². The van der Waals surface area contributed by atoms with Gasteiger partial charge < -0.3 is 10.4 Å². The first kappa shape index (κ1) is 14.8. The maximum Gasteiger partial charge on any atom is 0.306 e. The highest BCUT2D eigenvalue weighted by Crippen LogP contribution is 2.14. The zero-order valence-corrected chi connectivity index (χ0v) is 11.9. The number of anilines is 1. The molecule has 0 spiro atoms. The van der Waals surface area contributed by atoms with Crippen LogP contribution < -0.4 is 5.32 Å². The molecule has 0 radical (unpaired) electrons. The Bertz CT molecular complexity index is 646. The van der Waals surface area contributed by atoms with E-state index in [4.69, 9.17) is 5.11 Å². The number of amides is 1. The number of nitrogens with zero attached hydrogens (tertiary/aromatic N) is 2. The summed E-state index contributed by atoms with van der Waals surface area (Å²) < 4.78 is 1.50. The lowest BCUT2D eigenvalue weighted by Gasteiger charge is -2.08. The molecule has 1 atom stereocenters. The normalized spacial score (nSPS) is 11.9. The summed E-state index contributed by atoms with van der Waals surface area (Å²) >= 11 is 0. The molecule has 1 heterocycles. The van der Waals surface area contributed by atoms with E-state index in [2.05, 4.69) is 10.4 Å². The highest BCUT2D eigenvalue weighted by atomic mass is 16.4. The molecular weight excluding hydrogens is 270 g/mol. The van der Waals surface area contributed by atoms with E-state index in [9.17, 15) is 9.59 Å². The number of benzene rings is 1. The van der Waals surface area contributed by atoms with Gasteiger partial charge in [0.15, 0.2) is 0 Å². The van der Waals surface area contributed by atoms with Crippen LogP contribution >= 0.6 is 0 Å². The van der Waals surface area contributed by atoms with E-state index >= 15 is 0 Å². The Kier molecular flexibility index (Phi) is 4.37. The van der Waals surface area contributed by atoms with Crippen molar-refractivity contribution in [2.45, 2.75) is 13.3 Å². The Labute approximate surface area is 122 Å². The van der Waals surface area contributed by atoms with Gasteiger partial charge in [-0.25, -0.2) is 0 Å². The fourth-order valence-corrected chi connectivity index (χ4v) is 1.96. The predicted octanol–water partition coefficient (Wildman–Crippen LogP) is 1.94. The molecular formula is C15H17N3O3. The van der Waals surface area contributed by atoms with Crippen molar-refractivity contribution in [3.8, 4) is 0 Å². The molecule has 21 heavy (non-hydrogen) atoms. The summed E-state index contributed by atoms with van der Waals surface area (Å²) in [5, 5.41) is 15.6. The second-order valence-electron chi connectivity index (χ2n) is 4.93. The number of aryl methyl sites for hydroxylation is 1. The van der Waals surface area contributed by atoms with E-state index in [1.165, 1.54) is 4.68 Å². The predicted molar refractivity (Wildman–Crippen MR) is 78.1 cm³/mol. The summed E-state index contributed by atoms with van der Waals surface area (Å²) in [7, 11) is 1.70. The quantitative estimate of drug-likeness (QED) is 0.880. The van der Waals surface area contributed by atoms with Crippen LogP contribution in [0.15, 0.2) is 36.5 Å². The number of carboxylic acids is 1. The van der Waals surface area contributed by atoms with Crippen LogP contribution in [-0.4, -0.2) is 26.8 Å². The lowest BCUT2D eigenvalue weighted by molar-refractivity contribution is -0.141. The number of rotatable bonds is 5. The van der Waals surface area contributed by atoms with Gasteiger partial charge in [-0.05, 0) is 30.2 Å². The van der Waals surface area contributed by atoms with Gasteiger partial charge in [0.05, 0.1) is 5.92 Å². The molecule has 6 heteroatoms. The molecule has 0 bridgehead atoms. The Hall–Kier alpha value is -2.63. The molecule has 0 aliphatic heterocycles. The van der Waals surface area contributed by atoms with Crippen LogP contribution in [0.25, 0.3) is 0 Å². The molecule has 0 saturated heterocycles. The molecule has 2 N–H and O–H groups in total. The lowest BCUT2D eigenvalue weighted by Crippen LogP contribution is -2.16. The molecule has 6 nitrogen and oxygen atoms in total. The van der Waals surface area contributed by atoms with Crippen molar-refractivity contribution in [2.75, 3.05) is 5.32 Å². The van der Waals surface area contributed by atoms with Crippen LogP contribution in [-0.2, 0) is 18.3 Å². The van der Waals surface area contributed by atoms with Crippen LogP contribution in [0.2, 0.25) is 0 Å². The van der Waals surface area contributed by atoms with Crippen molar-refractivity contribution in [1.29, 1.82) is 0 Å². The molecule has 2 aromatic rings. The third-order valence-corrected chi connectivity index (χ3v) is 3.23. The summed E-state index contributed by atoms with van der Waals surface area (Å²) in [6.07, 6.45) is 2.02. The van der Waals surface area contributed by atoms with Gasteiger partial charge in [0, 0.05) is 18.9 Å². The molecule has 2 rings (SSSR count). The zero-order chi connectivity index (χ0) is 15.4. The molecule has 0 aliphatic carbocycles. The van der Waals surface area contributed by atoms with Gasteiger partial charge >= 0.3 is 5.97 Å². The summed E-state index contributed by atoms with van der Waals surface area (Å²) in [5.74, 6) is -1.48. The first-order valence-electron chi connectivity index (χ1n) is 6.58. The van der Waals surface area contributed by atoms with E-state index in [1.807, 2.05) is 12.1 Å². The minimum absolute atomic E-state index is 0.235. The Morgan fingerprint density at radius 3 is 2.48 bits per heavy atom. The molecule has 110 valence electrons. The number of hydrogen-bond donors (Lipinski definition) is 2. The van der Waals surface area contributed by atoms with Crippen molar-refractivity contribution in [3.05, 3.63) is 47.8 Å². The maximum atomic E-state index is 12.0. The van der Waals surface area contributed by atoms with Gasteiger partial charge in [0.2, 0.25) is 0 Å². The van der Waals surface area contributed by atoms with Crippen molar-refractivity contribution < 1.29 is 14.7 Å². The average molecular weight is 287 g/mol. The average Bonchev–Trinajstić information content (AvgIpc) is 2.87. The van der Waals surface area contributed by atoms with Crippen LogP contribution in [0, 0.1) is 5.92 Å². The molecule has 0 unspecified atom stereocenters. The molecule has 0 aliphatic rings. The number of nitrogens with one attached hydrogen (secondary N) is 1. The van der Waals surface area contributed by atoms with Gasteiger partial charge in [0.25, 0.3) is 5.91 Å². The van der Waals surface area contributed by atoms with Crippen LogP contribution in [0.3, 0.4) is 0 Å². The highest BCUT2D eigenvalue weighted by molar-refractivity contribution is 6.02. The number of hydrogen-bond acceptors (Lipinski definition) is 3. The van der Waals surface area contributed by atoms with Crippen molar-refractivity contribution in [3.63, 3.8) is 0 Å². The topological polar surface area (TPSA) is 84.2 Å². The fourth-order valence-electron chi connectivity index (χ4n) is 1.96. The minimum atomic E-state index is -0.816. The zero-order valence-electron chi connectivity index (χ0n) is 11.9. The summed E-state index contributed by atoms with van der Waals surface area (Å²) in [6.45, 7) is 1.67. The second-order valence-corrected chi connectivity index (χ2v) is 4.93. The van der Waals surface area contributed by atoms with Gasteiger partial charge in [0.1, 0.15) is 5.69 Å². The molecule has 1 aromatic heterocycles. The number of carbonyl (C=O) groups is 2. The van der Waals surface area contributed by atoms with Crippen molar-refractivity contribution in [1.82, 2.24) is 9.78 Å². The van der Waals surface area contributed by atoms with E-state index in [0.29, 0.717) is 17.8 Å². The fraction of sp³-hybridized carbons (Fsp3) is 0.267. The number of carboxylic acid groups (broad SMARTS) is 1. The first-order chi connectivity index (χ1) is 9.97. The third kappa shape index (κ3) is 3.68. The monoisotopic (exact) mass is 287 g/mol. The smallest absolute Gasteiger partial charge is 0.306 e. The lowest BCUT2D eigenvalue weighted by atomic mass is 10.0. The standard InChI is InChI=1S/C15H17N3O3/c1-10(15(20)21)9-11-3-5-12(6-4-11)17-14(19)13-7-8-16-18(13)2/h3-8,10H,9H2,1-2H3,(H,17,19)(H,20,21)/t10-/m0/s1. The molecule has 1 aromatic carbocycles. The van der Waals surface area contributed by atoms with Crippen LogP contribution in [0.5, 0.6) is 0 Å². The van der Waals surface area contributed by atoms with E-state index in [-0.39, 0.29) is 5.91 Å². The van der Waals surface area contributed by atoms with Crippen molar-refractivity contribution >= 4 is 17.6 Å². The number of carbonyl (C=O) groups excluding carboxylic acids is 1. The Balaban J connectivity index is 2.01. The van der Waals surface area contributed by atoms with E-state index < -0.39 is 11.9 Å². The van der Waals surface area contributed by atoms with Gasteiger partial charge in [-0.3, -0.25) is 14.3 Å². The first-order valence-corrected chi connectivity index (χ1v) is 6.58. The molecule has 0 saturated carbocycles. The summed E-state index contributed by atoms with van der Waals surface area (Å²) in [5.41, 5.74) is 2.05. The Morgan fingerprint density at radius 1 is 1.29 bits per heavy atom. The summed E-state index contributed by atoms with van der Waals surface area (Å²) in [4.78, 5) is 22.8. The van der Waals surface area contributed by atoms with Crippen LogP contribution in [0.4, 0.5) is 5.69 Å². The van der Waals surface area contributed by atoms with Gasteiger partial charge in [-0.1, -0.05) is 19.1 Å². The van der Waals surface area contributed by atoms with Crippen LogP contribution in [0.1, 0.15) is 23.0 Å². The number of aliphatic carboxylic acids is 1. The Morgan fingerprint density at radius 2 is 1.95 bits per heavy atom. The third-order valence-electron chi connectivity index (χ3n) is 3.23. The number of aromatic nitrogens is 2. The van der Waals surface area contributed by atoms with Crippen molar-refractivity contribution in [2.24, 2.45) is 13.0 Å². The molecule has 1 amide bonds. The van der Waals surface area contributed by atoms with E-state index in [0.717, 1.165) is 5.56 Å². The summed E-state index contributed by atoms with van der Waals surface area (Å²) in [6, 6.07) is 8.80.